The van der Waals surface area contributed by atoms with E-state index in [9.17, 15) is 4.39 Å². The lowest BCUT2D eigenvalue weighted by atomic mass is 10.0. The summed E-state index contributed by atoms with van der Waals surface area (Å²) in [5.74, 6) is 0.521. The van der Waals surface area contributed by atoms with Crippen LogP contribution in [0.4, 0.5) is 4.39 Å². The highest BCUT2D eigenvalue weighted by Gasteiger charge is 2.18. The average molecular weight is 287 g/mol. The van der Waals surface area contributed by atoms with E-state index < -0.39 is 0 Å². The fraction of sp³-hybridized carbons (Fsp3) is 0.333. The second-order valence-corrected chi connectivity index (χ2v) is 5.34. The van der Waals surface area contributed by atoms with Crippen molar-refractivity contribution in [3.05, 3.63) is 65.5 Å². The quantitative estimate of drug-likeness (QED) is 0.862. The standard InChI is InChI=1S/C18H22FNO/c1-3-4-14-5-11-17(12-6-14)21-18(13(2)20)15-7-9-16(19)10-8-15/h5-13,18H,3-4,20H2,1-2H3. The number of rotatable bonds is 6. The Balaban J connectivity index is 2.14. The molecule has 2 rings (SSSR count). The van der Waals surface area contributed by atoms with Crippen LogP contribution < -0.4 is 10.5 Å². The average Bonchev–Trinajstić information content (AvgIpc) is 2.47. The Morgan fingerprint density at radius 2 is 1.67 bits per heavy atom. The molecule has 0 fully saturated rings. The first-order chi connectivity index (χ1) is 10.1. The molecule has 0 radical (unpaired) electrons. The van der Waals surface area contributed by atoms with Gasteiger partial charge in [-0.2, -0.15) is 0 Å². The Kier molecular flexibility index (Phi) is 5.34. The zero-order chi connectivity index (χ0) is 15.2. The van der Waals surface area contributed by atoms with Gasteiger partial charge in [0.2, 0.25) is 0 Å². The summed E-state index contributed by atoms with van der Waals surface area (Å²) in [5, 5.41) is 0. The van der Waals surface area contributed by atoms with E-state index in [4.69, 9.17) is 10.5 Å². The van der Waals surface area contributed by atoms with Gasteiger partial charge in [-0.25, -0.2) is 4.39 Å². The third-order valence-electron chi connectivity index (χ3n) is 3.40. The molecule has 2 N–H and O–H groups in total. The number of hydrogen-bond donors (Lipinski definition) is 1. The van der Waals surface area contributed by atoms with Crippen LogP contribution in [-0.4, -0.2) is 6.04 Å². The van der Waals surface area contributed by atoms with Crippen molar-refractivity contribution in [1.82, 2.24) is 0 Å². The Labute approximate surface area is 125 Å². The van der Waals surface area contributed by atoms with Gasteiger partial charge in [0.25, 0.3) is 0 Å². The van der Waals surface area contributed by atoms with Crippen LogP contribution in [0, 0.1) is 5.82 Å². The van der Waals surface area contributed by atoms with Crippen LogP contribution in [0.25, 0.3) is 0 Å². The summed E-state index contributed by atoms with van der Waals surface area (Å²) in [4.78, 5) is 0. The van der Waals surface area contributed by atoms with E-state index in [1.54, 1.807) is 12.1 Å². The topological polar surface area (TPSA) is 35.2 Å². The third-order valence-corrected chi connectivity index (χ3v) is 3.40. The zero-order valence-corrected chi connectivity index (χ0v) is 12.6. The summed E-state index contributed by atoms with van der Waals surface area (Å²) >= 11 is 0. The van der Waals surface area contributed by atoms with Gasteiger partial charge in [0.05, 0.1) is 0 Å². The predicted octanol–water partition coefficient (Wildman–Crippen LogP) is 4.25. The molecule has 0 aliphatic heterocycles. The summed E-state index contributed by atoms with van der Waals surface area (Å²) in [5.41, 5.74) is 8.19. The van der Waals surface area contributed by atoms with Crippen molar-refractivity contribution < 1.29 is 9.13 Å². The van der Waals surface area contributed by atoms with E-state index in [0.29, 0.717) is 0 Å². The monoisotopic (exact) mass is 287 g/mol. The molecular formula is C18H22FNO. The minimum Gasteiger partial charge on any atom is -0.484 e. The largest absolute Gasteiger partial charge is 0.484 e. The highest BCUT2D eigenvalue weighted by Crippen LogP contribution is 2.25. The van der Waals surface area contributed by atoms with Gasteiger partial charge in [-0.1, -0.05) is 37.6 Å². The van der Waals surface area contributed by atoms with Gasteiger partial charge >= 0.3 is 0 Å². The summed E-state index contributed by atoms with van der Waals surface area (Å²) in [6.07, 6.45) is 1.90. The van der Waals surface area contributed by atoms with Gasteiger partial charge < -0.3 is 10.5 Å². The predicted molar refractivity (Wildman–Crippen MR) is 83.9 cm³/mol. The minimum absolute atomic E-state index is 0.189. The second-order valence-electron chi connectivity index (χ2n) is 5.34. The molecule has 3 heteroatoms. The Bertz CT molecular complexity index is 548. The third kappa shape index (κ3) is 4.30. The van der Waals surface area contributed by atoms with Crippen LogP contribution >= 0.6 is 0 Å². The number of nitrogens with two attached hydrogens (primary N) is 1. The zero-order valence-electron chi connectivity index (χ0n) is 12.6. The first-order valence-electron chi connectivity index (χ1n) is 7.36. The van der Waals surface area contributed by atoms with Crippen molar-refractivity contribution in [2.45, 2.75) is 38.8 Å². The summed E-state index contributed by atoms with van der Waals surface area (Å²) in [6, 6.07) is 14.2. The van der Waals surface area contributed by atoms with Gasteiger partial charge in [0.15, 0.2) is 0 Å². The summed E-state index contributed by atoms with van der Waals surface area (Å²) < 4.78 is 19.0. The maximum Gasteiger partial charge on any atom is 0.138 e. The summed E-state index contributed by atoms with van der Waals surface area (Å²) in [7, 11) is 0. The van der Waals surface area contributed by atoms with Crippen molar-refractivity contribution in [2.24, 2.45) is 5.73 Å². The molecule has 0 heterocycles. The molecule has 0 spiro atoms. The molecule has 0 saturated carbocycles. The van der Waals surface area contributed by atoms with Gasteiger partial charge in [0, 0.05) is 6.04 Å². The van der Waals surface area contributed by atoms with Gasteiger partial charge in [-0.05, 0) is 48.7 Å². The SMILES string of the molecule is CCCc1ccc(OC(c2ccc(F)cc2)C(C)N)cc1. The molecule has 0 bridgehead atoms. The molecule has 2 aromatic rings. The van der Waals surface area contributed by atoms with E-state index in [1.807, 2.05) is 19.1 Å². The van der Waals surface area contributed by atoms with Crippen LogP contribution in [0.1, 0.15) is 37.5 Å². The van der Waals surface area contributed by atoms with Crippen molar-refractivity contribution in [2.75, 3.05) is 0 Å². The van der Waals surface area contributed by atoms with Crippen molar-refractivity contribution in [1.29, 1.82) is 0 Å². The molecular weight excluding hydrogens is 265 g/mol. The minimum atomic E-state index is -0.289. The summed E-state index contributed by atoms with van der Waals surface area (Å²) in [6.45, 7) is 4.05. The lowest BCUT2D eigenvalue weighted by molar-refractivity contribution is 0.180. The van der Waals surface area contributed by atoms with Gasteiger partial charge in [-0.15, -0.1) is 0 Å². The molecule has 2 aromatic carbocycles. The van der Waals surface area contributed by atoms with E-state index in [1.165, 1.54) is 17.7 Å². The lowest BCUT2D eigenvalue weighted by Gasteiger charge is -2.23. The molecule has 0 saturated heterocycles. The Hall–Kier alpha value is -1.87. The van der Waals surface area contributed by atoms with Crippen molar-refractivity contribution in [3.63, 3.8) is 0 Å². The molecule has 2 atom stereocenters. The molecule has 0 aliphatic rings. The van der Waals surface area contributed by atoms with E-state index in [0.717, 1.165) is 24.2 Å². The van der Waals surface area contributed by atoms with Gasteiger partial charge in [0.1, 0.15) is 17.7 Å². The number of aryl methyl sites for hydroxylation is 1. The lowest BCUT2D eigenvalue weighted by Crippen LogP contribution is -2.29. The first-order valence-corrected chi connectivity index (χ1v) is 7.36. The number of halogens is 1. The second kappa shape index (κ2) is 7.23. The molecule has 0 aromatic heterocycles. The van der Waals surface area contributed by atoms with E-state index in [2.05, 4.69) is 19.1 Å². The van der Waals surface area contributed by atoms with Crippen LogP contribution in [-0.2, 0) is 6.42 Å². The number of benzene rings is 2. The maximum atomic E-state index is 13.0. The van der Waals surface area contributed by atoms with Crippen LogP contribution in [0.15, 0.2) is 48.5 Å². The molecule has 112 valence electrons. The highest BCUT2D eigenvalue weighted by atomic mass is 19.1. The smallest absolute Gasteiger partial charge is 0.138 e. The maximum absolute atomic E-state index is 13.0. The molecule has 2 nitrogen and oxygen atoms in total. The highest BCUT2D eigenvalue weighted by molar-refractivity contribution is 5.29. The van der Waals surface area contributed by atoms with Crippen molar-refractivity contribution in [3.8, 4) is 5.75 Å². The molecule has 21 heavy (non-hydrogen) atoms. The van der Waals surface area contributed by atoms with Gasteiger partial charge in [-0.3, -0.25) is 0 Å². The van der Waals surface area contributed by atoms with E-state index >= 15 is 0 Å². The van der Waals surface area contributed by atoms with E-state index in [-0.39, 0.29) is 18.0 Å². The number of hydrogen-bond acceptors (Lipinski definition) is 2. The molecule has 0 aliphatic carbocycles. The van der Waals surface area contributed by atoms with Crippen LogP contribution in [0.3, 0.4) is 0 Å². The number of ether oxygens (including phenoxy) is 1. The normalized spacial score (nSPS) is 13.7. The molecule has 2 unspecified atom stereocenters. The van der Waals surface area contributed by atoms with Crippen molar-refractivity contribution >= 4 is 0 Å². The first kappa shape index (κ1) is 15.5. The fourth-order valence-electron chi connectivity index (χ4n) is 2.30. The Morgan fingerprint density at radius 3 is 2.19 bits per heavy atom. The fourth-order valence-corrected chi connectivity index (χ4v) is 2.30. The van der Waals surface area contributed by atoms with Crippen LogP contribution in [0.2, 0.25) is 0 Å². The molecule has 0 amide bonds. The Morgan fingerprint density at radius 1 is 1.05 bits per heavy atom. The van der Waals surface area contributed by atoms with Crippen LogP contribution in [0.5, 0.6) is 5.75 Å².